The number of ether oxygens (including phenoxy) is 1. The maximum absolute atomic E-state index is 12.7. The van der Waals surface area contributed by atoms with Crippen LogP contribution in [-0.4, -0.2) is 43.0 Å². The van der Waals surface area contributed by atoms with E-state index in [4.69, 9.17) is 9.15 Å². The first-order chi connectivity index (χ1) is 12.6. The number of carbonyl (C=O) groups is 2. The summed E-state index contributed by atoms with van der Waals surface area (Å²) < 4.78 is 10.4. The zero-order valence-electron chi connectivity index (χ0n) is 15.2. The molecule has 26 heavy (non-hydrogen) atoms. The number of nitrogens with one attached hydrogen (secondary N) is 1. The van der Waals surface area contributed by atoms with Crippen molar-refractivity contribution >= 4 is 11.8 Å². The van der Waals surface area contributed by atoms with Crippen LogP contribution in [0.25, 0.3) is 0 Å². The predicted octanol–water partition coefficient (Wildman–Crippen LogP) is 2.63. The van der Waals surface area contributed by atoms with Gasteiger partial charge < -0.3 is 19.4 Å². The third-order valence-electron chi connectivity index (χ3n) is 4.60. The molecule has 2 aromatic rings. The number of amides is 2. The number of methoxy groups -OCH3 is 1. The second-order valence-corrected chi connectivity index (χ2v) is 6.55. The van der Waals surface area contributed by atoms with Gasteiger partial charge in [-0.1, -0.05) is 12.1 Å². The molecule has 1 aromatic heterocycles. The summed E-state index contributed by atoms with van der Waals surface area (Å²) in [5, 5.41) is 2.99. The predicted molar refractivity (Wildman–Crippen MR) is 97.0 cm³/mol. The monoisotopic (exact) mass is 356 g/mol. The Bertz CT molecular complexity index is 770. The van der Waals surface area contributed by atoms with Gasteiger partial charge in [-0.05, 0) is 37.1 Å². The summed E-state index contributed by atoms with van der Waals surface area (Å²) in [7, 11) is 1.61. The molecule has 0 spiro atoms. The number of fused-ring (bicyclic) bond motifs is 1. The normalized spacial score (nSPS) is 14.4. The van der Waals surface area contributed by atoms with Crippen molar-refractivity contribution in [3.05, 3.63) is 59.0 Å². The molecular formula is C20H24N2O4. The Morgan fingerprint density at radius 2 is 2.19 bits per heavy atom. The molecule has 2 heterocycles. The number of aryl methyl sites for hydroxylation is 1. The number of benzene rings is 1. The fourth-order valence-electron chi connectivity index (χ4n) is 3.18. The number of nitrogens with zero attached hydrogens (tertiary/aromatic N) is 1. The first-order valence-corrected chi connectivity index (χ1v) is 8.83. The second kappa shape index (κ2) is 8.19. The summed E-state index contributed by atoms with van der Waals surface area (Å²) in [6, 6.07) is 9.19. The van der Waals surface area contributed by atoms with Crippen molar-refractivity contribution in [2.75, 3.05) is 20.3 Å². The molecule has 0 unspecified atom stereocenters. The molecule has 0 aliphatic carbocycles. The lowest BCUT2D eigenvalue weighted by molar-refractivity contribution is 0.0715. The van der Waals surface area contributed by atoms with Crippen molar-refractivity contribution in [3.8, 4) is 0 Å². The summed E-state index contributed by atoms with van der Waals surface area (Å²) in [6.07, 6.45) is 3.17. The average molecular weight is 356 g/mol. The highest BCUT2D eigenvalue weighted by atomic mass is 16.5. The van der Waals surface area contributed by atoms with Crippen molar-refractivity contribution < 1.29 is 18.7 Å². The molecule has 1 aromatic carbocycles. The van der Waals surface area contributed by atoms with E-state index in [1.807, 2.05) is 31.2 Å². The minimum Gasteiger partial charge on any atom is -0.469 e. The van der Waals surface area contributed by atoms with Crippen molar-refractivity contribution in [2.24, 2.45) is 0 Å². The Balaban J connectivity index is 1.66. The fourth-order valence-corrected chi connectivity index (χ4v) is 3.18. The molecule has 2 amide bonds. The molecule has 0 bridgehead atoms. The van der Waals surface area contributed by atoms with Gasteiger partial charge in [0.25, 0.3) is 11.8 Å². The minimum absolute atomic E-state index is 0.0236. The number of carbonyl (C=O) groups excluding carboxylic acids is 2. The van der Waals surface area contributed by atoms with E-state index in [1.165, 1.54) is 0 Å². The van der Waals surface area contributed by atoms with E-state index in [0.717, 1.165) is 24.2 Å². The van der Waals surface area contributed by atoms with E-state index in [-0.39, 0.29) is 17.9 Å². The standard InChI is InChI=1S/C20H24N2O4/c1-14(8-9-16-6-4-11-26-16)21-19(23)17-7-3-5-15-13-22(10-12-25-2)20(24)18(15)17/h3-7,11,14H,8-10,12-13H2,1-2H3,(H,21,23)/t14-/m1/s1. The van der Waals surface area contributed by atoms with E-state index < -0.39 is 0 Å². The van der Waals surface area contributed by atoms with Crippen LogP contribution in [0.4, 0.5) is 0 Å². The molecule has 3 rings (SSSR count). The van der Waals surface area contributed by atoms with Crippen molar-refractivity contribution in [3.63, 3.8) is 0 Å². The molecule has 0 radical (unpaired) electrons. The first kappa shape index (κ1) is 18.2. The van der Waals surface area contributed by atoms with Gasteiger partial charge in [0.2, 0.25) is 0 Å². The van der Waals surface area contributed by atoms with Crippen LogP contribution in [0, 0.1) is 0 Å². The quantitative estimate of drug-likeness (QED) is 0.789. The van der Waals surface area contributed by atoms with Gasteiger partial charge in [-0.3, -0.25) is 9.59 Å². The highest BCUT2D eigenvalue weighted by Crippen LogP contribution is 2.26. The van der Waals surface area contributed by atoms with E-state index in [1.54, 1.807) is 24.3 Å². The zero-order chi connectivity index (χ0) is 18.5. The molecule has 0 saturated carbocycles. The summed E-state index contributed by atoms with van der Waals surface area (Å²) in [5.41, 5.74) is 1.85. The second-order valence-electron chi connectivity index (χ2n) is 6.55. The molecule has 0 fully saturated rings. The molecule has 1 N–H and O–H groups in total. The van der Waals surface area contributed by atoms with Gasteiger partial charge in [-0.25, -0.2) is 0 Å². The Hall–Kier alpha value is -2.60. The molecule has 1 aliphatic rings. The number of furan rings is 1. The molecule has 1 aliphatic heterocycles. The van der Waals surface area contributed by atoms with Gasteiger partial charge in [-0.15, -0.1) is 0 Å². The van der Waals surface area contributed by atoms with Crippen LogP contribution in [0.5, 0.6) is 0 Å². The SMILES string of the molecule is COCCN1Cc2cccc(C(=O)N[C@H](C)CCc3ccco3)c2C1=O. The minimum atomic E-state index is -0.212. The zero-order valence-corrected chi connectivity index (χ0v) is 15.2. The van der Waals surface area contributed by atoms with Crippen molar-refractivity contribution in [2.45, 2.75) is 32.4 Å². The van der Waals surface area contributed by atoms with Crippen LogP contribution in [0.3, 0.4) is 0 Å². The lowest BCUT2D eigenvalue weighted by Gasteiger charge is -2.16. The van der Waals surface area contributed by atoms with Crippen molar-refractivity contribution in [1.29, 1.82) is 0 Å². The molecule has 6 heteroatoms. The van der Waals surface area contributed by atoms with Gasteiger partial charge in [0, 0.05) is 32.7 Å². The summed E-state index contributed by atoms with van der Waals surface area (Å²) in [6.45, 7) is 3.47. The van der Waals surface area contributed by atoms with Gasteiger partial charge in [0.1, 0.15) is 5.76 Å². The summed E-state index contributed by atoms with van der Waals surface area (Å²) >= 11 is 0. The van der Waals surface area contributed by atoms with Crippen LogP contribution < -0.4 is 5.32 Å². The lowest BCUT2D eigenvalue weighted by atomic mass is 10.0. The highest BCUT2D eigenvalue weighted by Gasteiger charge is 2.31. The van der Waals surface area contributed by atoms with Crippen LogP contribution >= 0.6 is 0 Å². The van der Waals surface area contributed by atoms with Gasteiger partial charge in [-0.2, -0.15) is 0 Å². The van der Waals surface area contributed by atoms with Gasteiger partial charge in [0.05, 0.1) is 24.0 Å². The Morgan fingerprint density at radius 1 is 1.35 bits per heavy atom. The molecule has 138 valence electrons. The van der Waals surface area contributed by atoms with E-state index in [2.05, 4.69) is 5.32 Å². The largest absolute Gasteiger partial charge is 0.469 e. The first-order valence-electron chi connectivity index (χ1n) is 8.83. The lowest BCUT2D eigenvalue weighted by Crippen LogP contribution is -2.34. The maximum atomic E-state index is 12.7. The van der Waals surface area contributed by atoms with Crippen LogP contribution in [0.15, 0.2) is 41.0 Å². The molecule has 0 saturated heterocycles. The number of rotatable bonds is 8. The average Bonchev–Trinajstić information content (AvgIpc) is 3.26. The van der Waals surface area contributed by atoms with Crippen LogP contribution in [-0.2, 0) is 17.7 Å². The summed E-state index contributed by atoms with van der Waals surface area (Å²) in [5.74, 6) is 0.581. The van der Waals surface area contributed by atoms with E-state index in [9.17, 15) is 9.59 Å². The highest BCUT2D eigenvalue weighted by molar-refractivity contribution is 6.09. The molecule has 6 nitrogen and oxygen atoms in total. The molecule has 1 atom stereocenters. The van der Waals surface area contributed by atoms with E-state index in [0.29, 0.717) is 30.8 Å². The smallest absolute Gasteiger partial charge is 0.255 e. The maximum Gasteiger partial charge on any atom is 0.255 e. The topological polar surface area (TPSA) is 71.8 Å². The Morgan fingerprint density at radius 3 is 2.92 bits per heavy atom. The van der Waals surface area contributed by atoms with Crippen molar-refractivity contribution in [1.82, 2.24) is 10.2 Å². The summed E-state index contributed by atoms with van der Waals surface area (Å²) in [4.78, 5) is 27.1. The fraction of sp³-hybridized carbons (Fsp3) is 0.400. The third kappa shape index (κ3) is 3.96. The third-order valence-corrected chi connectivity index (χ3v) is 4.60. The van der Waals surface area contributed by atoms with Gasteiger partial charge in [0.15, 0.2) is 0 Å². The van der Waals surface area contributed by atoms with Gasteiger partial charge >= 0.3 is 0 Å². The Kier molecular flexibility index (Phi) is 5.73. The van der Waals surface area contributed by atoms with Crippen LogP contribution in [0.1, 0.15) is 45.4 Å². The van der Waals surface area contributed by atoms with Crippen LogP contribution in [0.2, 0.25) is 0 Å². The Labute approximate surface area is 153 Å². The number of hydrogen-bond acceptors (Lipinski definition) is 4. The van der Waals surface area contributed by atoms with E-state index >= 15 is 0 Å². The molecular weight excluding hydrogens is 332 g/mol. The number of hydrogen-bond donors (Lipinski definition) is 1.